The fourth-order valence-electron chi connectivity index (χ4n) is 1.74. The summed E-state index contributed by atoms with van der Waals surface area (Å²) >= 11 is 1.64. The molecule has 1 aromatic carbocycles. The minimum absolute atomic E-state index is 0.160. The quantitative estimate of drug-likeness (QED) is 0.285. The number of aliphatic imine (C=N–C) groups is 2. The third-order valence-electron chi connectivity index (χ3n) is 3.02. The van der Waals surface area contributed by atoms with E-state index in [2.05, 4.69) is 15.3 Å². The second-order valence-corrected chi connectivity index (χ2v) is 6.29. The smallest absolute Gasteiger partial charge is 0.370 e. The van der Waals surface area contributed by atoms with Crippen LogP contribution in [0.1, 0.15) is 5.56 Å². The average molecular weight is 387 g/mol. The van der Waals surface area contributed by atoms with Crippen molar-refractivity contribution >= 4 is 29.4 Å². The van der Waals surface area contributed by atoms with E-state index in [-0.39, 0.29) is 11.9 Å². The molecule has 0 aliphatic heterocycles. The van der Waals surface area contributed by atoms with Crippen LogP contribution in [-0.2, 0) is 5.75 Å². The number of anilines is 1. The highest BCUT2D eigenvalue weighted by atomic mass is 32.2. The molecule has 0 aliphatic rings. The number of hydrogen-bond acceptors (Lipinski definition) is 4. The van der Waals surface area contributed by atoms with Crippen LogP contribution >= 0.6 is 11.8 Å². The normalized spacial score (nSPS) is 12.6. The van der Waals surface area contributed by atoms with Gasteiger partial charge in [0.1, 0.15) is 6.54 Å². The summed E-state index contributed by atoms with van der Waals surface area (Å²) in [6.45, 7) is -0.705. The third kappa shape index (κ3) is 9.03. The van der Waals surface area contributed by atoms with Crippen LogP contribution in [0.4, 0.5) is 18.9 Å². The van der Waals surface area contributed by atoms with E-state index in [0.29, 0.717) is 18.0 Å². The first-order valence-electron chi connectivity index (χ1n) is 7.45. The standard InChI is InChI=1S/C15H20F3N7S/c1-25(14(21)23-10-19)5-6-26-8-11-3-2-4-12(7-11)24-13(20)22-9-15(16,17)18/h2-4,7H,5-6,8-9H2,1H3,(H2,21,23)(H3,20,22,24). The predicted octanol–water partition coefficient (Wildman–Crippen LogP) is 1.94. The Morgan fingerprint density at radius 1 is 1.38 bits per heavy atom. The molecule has 5 N–H and O–H groups in total. The van der Waals surface area contributed by atoms with Crippen LogP contribution in [-0.4, -0.2) is 48.9 Å². The number of alkyl halides is 3. The largest absolute Gasteiger partial charge is 0.408 e. The molecule has 0 saturated carbocycles. The van der Waals surface area contributed by atoms with E-state index in [9.17, 15) is 13.2 Å². The lowest BCUT2D eigenvalue weighted by atomic mass is 10.2. The van der Waals surface area contributed by atoms with Crippen molar-refractivity contribution in [3.63, 3.8) is 0 Å². The van der Waals surface area contributed by atoms with Crippen molar-refractivity contribution in [3.8, 4) is 6.19 Å². The Bertz CT molecular complexity index is 683. The minimum atomic E-state index is -4.39. The summed E-state index contributed by atoms with van der Waals surface area (Å²) in [5, 5.41) is 11.1. The zero-order chi connectivity index (χ0) is 19.6. The van der Waals surface area contributed by atoms with Crippen molar-refractivity contribution in [2.24, 2.45) is 21.5 Å². The second kappa shape index (κ2) is 10.4. The van der Waals surface area contributed by atoms with Gasteiger partial charge in [-0.05, 0) is 17.7 Å². The Morgan fingerprint density at radius 2 is 2.12 bits per heavy atom. The zero-order valence-corrected chi connectivity index (χ0v) is 14.9. The van der Waals surface area contributed by atoms with Crippen LogP contribution in [0, 0.1) is 11.5 Å². The van der Waals surface area contributed by atoms with Gasteiger partial charge in [-0.2, -0.15) is 30.2 Å². The van der Waals surface area contributed by atoms with Crippen LogP contribution in [0.3, 0.4) is 0 Å². The number of nitriles is 1. The molecule has 142 valence electrons. The van der Waals surface area contributed by atoms with E-state index in [1.54, 1.807) is 48.1 Å². The first-order valence-corrected chi connectivity index (χ1v) is 8.60. The number of thioether (sulfide) groups is 1. The van der Waals surface area contributed by atoms with Gasteiger partial charge in [0.25, 0.3) is 0 Å². The highest BCUT2D eigenvalue weighted by Crippen LogP contribution is 2.17. The van der Waals surface area contributed by atoms with Crippen molar-refractivity contribution in [1.82, 2.24) is 4.90 Å². The maximum absolute atomic E-state index is 12.1. The number of guanidine groups is 2. The summed E-state index contributed by atoms with van der Waals surface area (Å²) in [7, 11) is 1.74. The topological polar surface area (TPSA) is 116 Å². The fraction of sp³-hybridized carbons (Fsp3) is 0.400. The van der Waals surface area contributed by atoms with Crippen molar-refractivity contribution in [2.45, 2.75) is 11.9 Å². The van der Waals surface area contributed by atoms with Crippen molar-refractivity contribution in [2.75, 3.05) is 31.2 Å². The van der Waals surface area contributed by atoms with Gasteiger partial charge >= 0.3 is 6.18 Å². The van der Waals surface area contributed by atoms with Crippen LogP contribution in [0.15, 0.2) is 34.3 Å². The predicted molar refractivity (Wildman–Crippen MR) is 98.6 cm³/mol. The van der Waals surface area contributed by atoms with E-state index in [1.807, 2.05) is 6.07 Å². The van der Waals surface area contributed by atoms with Crippen molar-refractivity contribution in [3.05, 3.63) is 29.8 Å². The first kappa shape index (κ1) is 21.4. The molecule has 0 spiro atoms. The van der Waals surface area contributed by atoms with Gasteiger partial charge in [-0.25, -0.2) is 4.99 Å². The molecule has 0 saturated heterocycles. The highest BCUT2D eigenvalue weighted by Gasteiger charge is 2.26. The molecule has 0 unspecified atom stereocenters. The molecule has 26 heavy (non-hydrogen) atoms. The van der Waals surface area contributed by atoms with E-state index >= 15 is 0 Å². The lowest BCUT2D eigenvalue weighted by Crippen LogP contribution is -2.35. The SMILES string of the molecule is CN(CCSCc1cccc(NC(N)=NCC(F)(F)F)c1)C(N)=NC#N. The van der Waals surface area contributed by atoms with Gasteiger partial charge in [0.2, 0.25) is 12.2 Å². The van der Waals surface area contributed by atoms with Gasteiger partial charge in [-0.15, -0.1) is 4.99 Å². The number of nitrogens with two attached hydrogens (primary N) is 2. The maximum Gasteiger partial charge on any atom is 0.408 e. The number of rotatable bonds is 7. The van der Waals surface area contributed by atoms with E-state index in [4.69, 9.17) is 16.7 Å². The molecule has 1 aromatic rings. The lowest BCUT2D eigenvalue weighted by Gasteiger charge is -2.16. The number of halogens is 3. The Balaban J connectivity index is 2.47. The molecule has 0 aliphatic carbocycles. The molecular weight excluding hydrogens is 367 g/mol. The third-order valence-corrected chi connectivity index (χ3v) is 4.03. The number of nitrogens with zero attached hydrogens (tertiary/aromatic N) is 4. The molecular formula is C15H20F3N7S. The van der Waals surface area contributed by atoms with Crippen LogP contribution < -0.4 is 16.8 Å². The monoisotopic (exact) mass is 387 g/mol. The highest BCUT2D eigenvalue weighted by molar-refractivity contribution is 7.98. The number of nitrogens with one attached hydrogen (secondary N) is 1. The second-order valence-electron chi connectivity index (χ2n) is 5.19. The molecule has 0 amide bonds. The van der Waals surface area contributed by atoms with Gasteiger partial charge < -0.3 is 21.7 Å². The molecule has 0 heterocycles. The number of hydrogen-bond donors (Lipinski definition) is 3. The fourth-order valence-corrected chi connectivity index (χ4v) is 2.71. The van der Waals surface area contributed by atoms with Crippen LogP contribution in [0.5, 0.6) is 0 Å². The maximum atomic E-state index is 12.1. The van der Waals surface area contributed by atoms with Gasteiger partial charge in [-0.1, -0.05) is 12.1 Å². The molecule has 7 nitrogen and oxygen atoms in total. The average Bonchev–Trinajstić information content (AvgIpc) is 2.56. The van der Waals surface area contributed by atoms with Gasteiger partial charge in [0.05, 0.1) is 0 Å². The van der Waals surface area contributed by atoms with E-state index in [1.165, 1.54) is 0 Å². The summed E-state index contributed by atoms with van der Waals surface area (Å²) in [6.07, 6.45) is -2.76. The molecule has 0 aromatic heterocycles. The zero-order valence-electron chi connectivity index (χ0n) is 14.1. The lowest BCUT2D eigenvalue weighted by molar-refractivity contribution is -0.118. The summed E-state index contributed by atoms with van der Waals surface area (Å²) < 4.78 is 36.3. The van der Waals surface area contributed by atoms with Crippen LogP contribution in [0.25, 0.3) is 0 Å². The van der Waals surface area contributed by atoms with Crippen molar-refractivity contribution in [1.29, 1.82) is 5.26 Å². The molecule has 0 fully saturated rings. The summed E-state index contributed by atoms with van der Waals surface area (Å²) in [6, 6.07) is 7.16. The van der Waals surface area contributed by atoms with Crippen molar-refractivity contribution < 1.29 is 13.2 Å². The van der Waals surface area contributed by atoms with Gasteiger partial charge in [0, 0.05) is 30.8 Å². The Kier molecular flexibility index (Phi) is 8.57. The summed E-state index contributed by atoms with van der Waals surface area (Å²) in [5.74, 6) is 1.32. The Morgan fingerprint density at radius 3 is 2.77 bits per heavy atom. The van der Waals surface area contributed by atoms with E-state index in [0.717, 1.165) is 11.3 Å². The first-order chi connectivity index (χ1) is 12.2. The summed E-state index contributed by atoms with van der Waals surface area (Å²) in [4.78, 5) is 8.37. The molecule has 0 atom stereocenters. The Hall–Kier alpha value is -2.61. The number of benzene rings is 1. The van der Waals surface area contributed by atoms with Crippen LogP contribution in [0.2, 0.25) is 0 Å². The van der Waals surface area contributed by atoms with E-state index < -0.39 is 12.7 Å². The van der Waals surface area contributed by atoms with Gasteiger partial charge in [-0.3, -0.25) is 0 Å². The minimum Gasteiger partial charge on any atom is -0.370 e. The van der Waals surface area contributed by atoms with Gasteiger partial charge in [0.15, 0.2) is 5.96 Å². The molecule has 0 bridgehead atoms. The molecule has 1 rings (SSSR count). The molecule has 0 radical (unpaired) electrons. The summed E-state index contributed by atoms with van der Waals surface area (Å²) in [5.41, 5.74) is 12.6. The molecule has 11 heteroatoms. The Labute approximate surface area is 154 Å².